The normalized spacial score (nSPS) is 16.0. The first-order chi connectivity index (χ1) is 11.6. The third-order valence-corrected chi connectivity index (χ3v) is 4.31. The molecule has 0 aromatic heterocycles. The molecule has 0 aliphatic heterocycles. The molecule has 0 heterocycles. The van der Waals surface area contributed by atoms with E-state index in [2.05, 4.69) is 0 Å². The topological polar surface area (TPSA) is 44.8 Å². The van der Waals surface area contributed by atoms with Crippen LogP contribution in [-0.2, 0) is 20.9 Å². The standard InChI is InChI=1S/C20H20O4/c1-14-18(20(22-2,23-3)19(14)21)16-9-11-17(12-10-16)24-13-15-7-5-4-6-8-15/h4-12H,13H2,1-3H3. The van der Waals surface area contributed by atoms with Gasteiger partial charge in [-0.1, -0.05) is 42.5 Å². The molecule has 2 aromatic carbocycles. The van der Waals surface area contributed by atoms with Crippen LogP contribution in [0.1, 0.15) is 18.1 Å². The SMILES string of the molecule is COC1(OC)C(=O)C(C)=C1c1ccc(OCc2ccccc2)cc1. The van der Waals surface area contributed by atoms with E-state index in [1.807, 2.05) is 54.6 Å². The number of ketones is 1. The average Bonchev–Trinajstić information content (AvgIpc) is 2.65. The Morgan fingerprint density at radius 1 is 0.917 bits per heavy atom. The van der Waals surface area contributed by atoms with E-state index in [1.165, 1.54) is 14.2 Å². The van der Waals surface area contributed by atoms with Gasteiger partial charge in [0.05, 0.1) is 0 Å². The lowest BCUT2D eigenvalue weighted by atomic mass is 9.77. The van der Waals surface area contributed by atoms with Gasteiger partial charge in [-0.05, 0) is 30.2 Å². The van der Waals surface area contributed by atoms with Gasteiger partial charge < -0.3 is 14.2 Å². The molecule has 0 saturated heterocycles. The second-order valence-corrected chi connectivity index (χ2v) is 5.65. The summed E-state index contributed by atoms with van der Waals surface area (Å²) in [4.78, 5) is 12.1. The summed E-state index contributed by atoms with van der Waals surface area (Å²) in [5.41, 5.74) is 3.44. The van der Waals surface area contributed by atoms with Crippen molar-refractivity contribution >= 4 is 11.4 Å². The van der Waals surface area contributed by atoms with Crippen molar-refractivity contribution in [1.29, 1.82) is 0 Å². The lowest BCUT2D eigenvalue weighted by Gasteiger charge is -2.40. The van der Waals surface area contributed by atoms with Crippen molar-refractivity contribution < 1.29 is 19.0 Å². The summed E-state index contributed by atoms with van der Waals surface area (Å²) in [5, 5.41) is 0. The number of methoxy groups -OCH3 is 2. The number of rotatable bonds is 6. The molecule has 4 heteroatoms. The van der Waals surface area contributed by atoms with E-state index in [1.54, 1.807) is 6.92 Å². The monoisotopic (exact) mass is 324 g/mol. The fourth-order valence-electron chi connectivity index (χ4n) is 3.00. The van der Waals surface area contributed by atoms with Gasteiger partial charge in [-0.15, -0.1) is 0 Å². The minimum Gasteiger partial charge on any atom is -0.489 e. The highest BCUT2D eigenvalue weighted by atomic mass is 16.7. The van der Waals surface area contributed by atoms with Crippen molar-refractivity contribution in [1.82, 2.24) is 0 Å². The van der Waals surface area contributed by atoms with Crippen molar-refractivity contribution in [3.63, 3.8) is 0 Å². The van der Waals surface area contributed by atoms with Gasteiger partial charge in [-0.3, -0.25) is 4.79 Å². The van der Waals surface area contributed by atoms with Gasteiger partial charge in [0.15, 0.2) is 0 Å². The molecule has 24 heavy (non-hydrogen) atoms. The van der Waals surface area contributed by atoms with Gasteiger partial charge in [-0.2, -0.15) is 0 Å². The first-order valence-electron chi connectivity index (χ1n) is 7.76. The Balaban J connectivity index is 1.76. The summed E-state index contributed by atoms with van der Waals surface area (Å²) in [6, 6.07) is 17.6. The van der Waals surface area contributed by atoms with Gasteiger partial charge >= 0.3 is 0 Å². The van der Waals surface area contributed by atoms with Crippen LogP contribution in [0.2, 0.25) is 0 Å². The largest absolute Gasteiger partial charge is 0.489 e. The molecule has 0 N–H and O–H groups in total. The summed E-state index contributed by atoms with van der Waals surface area (Å²) in [6.07, 6.45) is 0. The van der Waals surface area contributed by atoms with Crippen molar-refractivity contribution in [3.8, 4) is 5.75 Å². The first-order valence-corrected chi connectivity index (χ1v) is 7.76. The van der Waals surface area contributed by atoms with Crippen LogP contribution in [0, 0.1) is 0 Å². The average molecular weight is 324 g/mol. The highest BCUT2D eigenvalue weighted by Crippen LogP contribution is 2.45. The van der Waals surface area contributed by atoms with E-state index >= 15 is 0 Å². The molecule has 3 rings (SSSR count). The molecule has 0 fully saturated rings. The number of benzene rings is 2. The Bertz CT molecular complexity index is 756. The molecule has 0 amide bonds. The summed E-state index contributed by atoms with van der Waals surface area (Å²) in [6.45, 7) is 2.30. The van der Waals surface area contributed by atoms with Crippen LogP contribution in [0.15, 0.2) is 60.2 Å². The van der Waals surface area contributed by atoms with Gasteiger partial charge in [0.1, 0.15) is 12.4 Å². The lowest BCUT2D eigenvalue weighted by Crippen LogP contribution is -2.52. The van der Waals surface area contributed by atoms with E-state index in [0.717, 1.165) is 22.4 Å². The number of hydrogen-bond donors (Lipinski definition) is 0. The Hall–Kier alpha value is -2.43. The minimum atomic E-state index is -1.28. The second kappa shape index (κ2) is 6.59. The quantitative estimate of drug-likeness (QED) is 0.762. The van der Waals surface area contributed by atoms with Crippen molar-refractivity contribution in [3.05, 3.63) is 71.3 Å². The third kappa shape index (κ3) is 2.64. The van der Waals surface area contributed by atoms with Crippen molar-refractivity contribution in [2.24, 2.45) is 0 Å². The maximum absolute atomic E-state index is 12.1. The predicted octanol–water partition coefficient (Wildman–Crippen LogP) is 3.61. The number of ether oxygens (including phenoxy) is 3. The number of carbonyl (C=O) groups excluding carboxylic acids is 1. The summed E-state index contributed by atoms with van der Waals surface area (Å²) < 4.78 is 16.5. The van der Waals surface area contributed by atoms with E-state index in [9.17, 15) is 4.79 Å². The van der Waals surface area contributed by atoms with Gasteiger partial charge in [0.2, 0.25) is 5.78 Å². The number of carbonyl (C=O) groups is 1. The molecule has 124 valence electrons. The maximum Gasteiger partial charge on any atom is 0.261 e. The van der Waals surface area contributed by atoms with Gasteiger partial charge in [0.25, 0.3) is 5.79 Å². The van der Waals surface area contributed by atoms with Crippen LogP contribution in [0.4, 0.5) is 0 Å². The van der Waals surface area contributed by atoms with E-state index in [-0.39, 0.29) is 5.78 Å². The van der Waals surface area contributed by atoms with E-state index < -0.39 is 5.79 Å². The van der Waals surface area contributed by atoms with E-state index in [4.69, 9.17) is 14.2 Å². The molecule has 1 aliphatic carbocycles. The summed E-state index contributed by atoms with van der Waals surface area (Å²) in [5.74, 6) is -0.643. The lowest BCUT2D eigenvalue weighted by molar-refractivity contribution is -0.184. The molecule has 4 nitrogen and oxygen atoms in total. The molecule has 0 unspecified atom stereocenters. The van der Waals surface area contributed by atoms with Crippen LogP contribution >= 0.6 is 0 Å². The number of hydrogen-bond acceptors (Lipinski definition) is 4. The molecular weight excluding hydrogens is 304 g/mol. The second-order valence-electron chi connectivity index (χ2n) is 5.65. The predicted molar refractivity (Wildman–Crippen MR) is 91.6 cm³/mol. The highest BCUT2D eigenvalue weighted by Gasteiger charge is 2.54. The summed E-state index contributed by atoms with van der Waals surface area (Å²) >= 11 is 0. The van der Waals surface area contributed by atoms with Crippen LogP contribution in [0.25, 0.3) is 5.57 Å². The fourth-order valence-corrected chi connectivity index (χ4v) is 3.00. The van der Waals surface area contributed by atoms with Crippen molar-refractivity contribution in [2.45, 2.75) is 19.3 Å². The molecular formula is C20H20O4. The molecule has 0 radical (unpaired) electrons. The van der Waals surface area contributed by atoms with Crippen LogP contribution in [0.3, 0.4) is 0 Å². The molecule has 0 atom stereocenters. The van der Waals surface area contributed by atoms with Gasteiger partial charge in [0, 0.05) is 25.4 Å². The smallest absolute Gasteiger partial charge is 0.261 e. The highest BCUT2D eigenvalue weighted by molar-refractivity contribution is 6.23. The molecule has 0 bridgehead atoms. The van der Waals surface area contributed by atoms with E-state index in [0.29, 0.717) is 12.2 Å². The minimum absolute atomic E-state index is 0.132. The number of Topliss-reactive ketones (excluding diaryl/α,β-unsaturated/α-hetero) is 1. The Kier molecular flexibility index (Phi) is 4.51. The zero-order valence-electron chi connectivity index (χ0n) is 14.0. The molecule has 2 aromatic rings. The third-order valence-electron chi connectivity index (χ3n) is 4.31. The first kappa shape index (κ1) is 16.4. The summed E-state index contributed by atoms with van der Waals surface area (Å²) in [7, 11) is 2.95. The zero-order valence-corrected chi connectivity index (χ0v) is 14.0. The van der Waals surface area contributed by atoms with Gasteiger partial charge in [-0.25, -0.2) is 0 Å². The Morgan fingerprint density at radius 2 is 1.54 bits per heavy atom. The van der Waals surface area contributed by atoms with Crippen LogP contribution in [-0.4, -0.2) is 25.8 Å². The maximum atomic E-state index is 12.1. The molecule has 1 aliphatic rings. The Labute approximate surface area is 141 Å². The fraction of sp³-hybridized carbons (Fsp3) is 0.250. The zero-order chi connectivity index (χ0) is 17.2. The van der Waals surface area contributed by atoms with Crippen molar-refractivity contribution in [2.75, 3.05) is 14.2 Å². The van der Waals surface area contributed by atoms with Crippen LogP contribution < -0.4 is 4.74 Å². The molecule has 0 spiro atoms. The van der Waals surface area contributed by atoms with Crippen LogP contribution in [0.5, 0.6) is 5.75 Å². The molecule has 0 saturated carbocycles. The Morgan fingerprint density at radius 3 is 2.12 bits per heavy atom.